The van der Waals surface area contributed by atoms with Gasteiger partial charge < -0.3 is 15.0 Å². The first kappa shape index (κ1) is 24.0. The predicted molar refractivity (Wildman–Crippen MR) is 148 cm³/mol. The van der Waals surface area contributed by atoms with Gasteiger partial charge in [0.05, 0.1) is 29.1 Å². The second-order valence-corrected chi connectivity index (χ2v) is 10.6. The van der Waals surface area contributed by atoms with Crippen molar-refractivity contribution in [2.45, 2.75) is 39.4 Å². The molecule has 1 aromatic heterocycles. The average Bonchev–Trinajstić information content (AvgIpc) is 3.41. The fourth-order valence-corrected chi connectivity index (χ4v) is 6.15. The van der Waals surface area contributed by atoms with E-state index in [9.17, 15) is 4.79 Å². The lowest BCUT2D eigenvalue weighted by Gasteiger charge is -2.37. The highest BCUT2D eigenvalue weighted by atomic mass is 35.5. The Morgan fingerprint density at radius 1 is 1.08 bits per heavy atom. The molecule has 0 fully saturated rings. The molecular weight excluding hydrogens is 507 g/mol. The number of aryl methyl sites for hydroxylation is 1. The summed E-state index contributed by atoms with van der Waals surface area (Å²) in [5, 5.41) is 1.19. The van der Waals surface area contributed by atoms with Crippen LogP contribution < -0.4 is 15.4 Å². The Morgan fingerprint density at radius 2 is 1.86 bits per heavy atom. The summed E-state index contributed by atoms with van der Waals surface area (Å²) < 4.78 is 7.85. The molecule has 37 heavy (non-hydrogen) atoms. The molecule has 0 saturated carbocycles. The van der Waals surface area contributed by atoms with Crippen LogP contribution in [0.15, 0.2) is 48.5 Å². The first-order chi connectivity index (χ1) is 17.8. The molecule has 1 atom stereocenters. The van der Waals surface area contributed by atoms with Crippen LogP contribution in [0.4, 0.5) is 5.69 Å². The molecule has 2 aliphatic heterocycles. The van der Waals surface area contributed by atoms with Gasteiger partial charge in [-0.15, -0.1) is 0 Å². The Bertz CT molecular complexity index is 1610. The number of methoxy groups -OCH3 is 1. The number of nitrogens with two attached hydrogens (primary N) is 1. The number of carbonyl (C=O) groups excluding carboxylic acids is 1. The molecule has 188 valence electrons. The molecule has 3 heterocycles. The maximum absolute atomic E-state index is 14.2. The smallest absolute Gasteiger partial charge is 0.279 e. The number of amides is 1. The number of nitrogens with zero attached hydrogens (tertiary/aromatic N) is 3. The summed E-state index contributed by atoms with van der Waals surface area (Å²) in [5.41, 5.74) is 13.5. The Labute approximate surface area is 225 Å². The molecule has 6 rings (SSSR count). The van der Waals surface area contributed by atoms with Crippen molar-refractivity contribution >= 4 is 34.8 Å². The van der Waals surface area contributed by atoms with Crippen molar-refractivity contribution in [1.82, 2.24) is 9.55 Å². The lowest BCUT2D eigenvalue weighted by molar-refractivity contribution is 0.0989. The number of imidazole rings is 1. The van der Waals surface area contributed by atoms with Crippen LogP contribution in [0.5, 0.6) is 5.75 Å². The van der Waals surface area contributed by atoms with Crippen LogP contribution in [0.25, 0.3) is 22.5 Å². The second-order valence-electron chi connectivity index (χ2n) is 9.77. The standard InChI is InChI=1S/C29H26Cl2N4O2/c1-14(2)34-27-24(33-28(34)20-11-16(13-32)6-10-22(20)37-4)29(36)35-25-15(3)5-9-21(31)23(25)19-12-17(30)7-8-18(19)26(27)35/h5-12,14,26H,13,32H2,1-4H3. The van der Waals surface area contributed by atoms with Gasteiger partial charge in [-0.25, -0.2) is 4.98 Å². The predicted octanol–water partition coefficient (Wildman–Crippen LogP) is 6.94. The van der Waals surface area contributed by atoms with Crippen LogP contribution in [0.1, 0.15) is 58.8 Å². The van der Waals surface area contributed by atoms with Gasteiger partial charge in [-0.1, -0.05) is 41.4 Å². The van der Waals surface area contributed by atoms with Crippen molar-refractivity contribution in [1.29, 1.82) is 0 Å². The highest BCUT2D eigenvalue weighted by molar-refractivity contribution is 6.35. The quantitative estimate of drug-likeness (QED) is 0.308. The zero-order valence-electron chi connectivity index (χ0n) is 21.0. The molecule has 8 heteroatoms. The van der Waals surface area contributed by atoms with Crippen molar-refractivity contribution in [3.8, 4) is 28.3 Å². The van der Waals surface area contributed by atoms with Crippen molar-refractivity contribution in [2.75, 3.05) is 12.0 Å². The van der Waals surface area contributed by atoms with Gasteiger partial charge in [0.1, 0.15) is 17.6 Å². The Kier molecular flexibility index (Phi) is 5.60. The third-order valence-electron chi connectivity index (χ3n) is 7.29. The first-order valence-electron chi connectivity index (χ1n) is 12.2. The number of rotatable bonds is 4. The number of carbonyl (C=O) groups is 1. The summed E-state index contributed by atoms with van der Waals surface area (Å²) in [4.78, 5) is 21.0. The second kappa shape index (κ2) is 8.62. The summed E-state index contributed by atoms with van der Waals surface area (Å²) in [5.74, 6) is 1.21. The van der Waals surface area contributed by atoms with Crippen molar-refractivity contribution in [3.63, 3.8) is 0 Å². The maximum atomic E-state index is 14.2. The number of fused-ring (bicyclic) bond motifs is 8. The van der Waals surface area contributed by atoms with Gasteiger partial charge in [0, 0.05) is 23.2 Å². The SMILES string of the molecule is COc1ccc(CN)cc1-c1nc2c(n1C(C)C)C1c3ccc(Cl)cc3-c3c(Cl)ccc(C)c3N1C2=O. The summed E-state index contributed by atoms with van der Waals surface area (Å²) in [6, 6.07) is 15.1. The number of benzene rings is 3. The number of aromatic nitrogens is 2. The molecule has 0 spiro atoms. The summed E-state index contributed by atoms with van der Waals surface area (Å²) in [6.45, 7) is 6.58. The van der Waals surface area contributed by atoms with E-state index < -0.39 is 0 Å². The van der Waals surface area contributed by atoms with Crippen LogP contribution >= 0.6 is 23.2 Å². The van der Waals surface area contributed by atoms with Crippen LogP contribution in [-0.2, 0) is 6.54 Å². The monoisotopic (exact) mass is 532 g/mol. The van der Waals surface area contributed by atoms with Gasteiger partial charge in [-0.3, -0.25) is 9.69 Å². The molecule has 2 aliphatic rings. The number of anilines is 1. The third kappa shape index (κ3) is 3.36. The van der Waals surface area contributed by atoms with E-state index in [2.05, 4.69) is 18.4 Å². The van der Waals surface area contributed by atoms with E-state index in [-0.39, 0.29) is 18.0 Å². The lowest BCUT2D eigenvalue weighted by Crippen LogP contribution is -2.34. The molecule has 0 radical (unpaired) electrons. The van der Waals surface area contributed by atoms with Crippen LogP contribution in [0.3, 0.4) is 0 Å². The van der Waals surface area contributed by atoms with E-state index in [0.29, 0.717) is 33.9 Å². The van der Waals surface area contributed by atoms with E-state index in [0.717, 1.165) is 44.8 Å². The minimum Gasteiger partial charge on any atom is -0.496 e. The van der Waals surface area contributed by atoms with Gasteiger partial charge in [0.25, 0.3) is 5.91 Å². The third-order valence-corrected chi connectivity index (χ3v) is 7.84. The summed E-state index contributed by atoms with van der Waals surface area (Å²) >= 11 is 13.2. The number of hydrogen-bond donors (Lipinski definition) is 1. The molecule has 1 amide bonds. The van der Waals surface area contributed by atoms with Gasteiger partial charge in [-0.05, 0) is 73.4 Å². The average molecular weight is 533 g/mol. The van der Waals surface area contributed by atoms with E-state index >= 15 is 0 Å². The molecule has 0 saturated heterocycles. The summed E-state index contributed by atoms with van der Waals surface area (Å²) in [6.07, 6.45) is 0. The molecule has 2 N–H and O–H groups in total. The molecule has 3 aromatic carbocycles. The van der Waals surface area contributed by atoms with Crippen LogP contribution in [0, 0.1) is 6.92 Å². The van der Waals surface area contributed by atoms with E-state index in [1.165, 1.54) is 0 Å². The van der Waals surface area contributed by atoms with E-state index in [1.807, 2.05) is 60.4 Å². The van der Waals surface area contributed by atoms with E-state index in [1.54, 1.807) is 7.11 Å². The zero-order valence-corrected chi connectivity index (χ0v) is 22.5. The van der Waals surface area contributed by atoms with Gasteiger partial charge in [-0.2, -0.15) is 0 Å². The highest BCUT2D eigenvalue weighted by Gasteiger charge is 2.49. The number of halogens is 2. The number of ether oxygens (including phenoxy) is 1. The van der Waals surface area contributed by atoms with E-state index in [4.69, 9.17) is 38.7 Å². The molecule has 4 aromatic rings. The number of hydrogen-bond acceptors (Lipinski definition) is 4. The van der Waals surface area contributed by atoms with Gasteiger partial charge in [0.2, 0.25) is 0 Å². The minimum absolute atomic E-state index is 0.0165. The minimum atomic E-state index is -0.369. The van der Waals surface area contributed by atoms with Crippen molar-refractivity contribution < 1.29 is 9.53 Å². The normalized spacial score (nSPS) is 15.5. The Balaban J connectivity index is 1.68. The molecule has 1 unspecified atom stereocenters. The molecule has 0 aliphatic carbocycles. The van der Waals surface area contributed by atoms with Gasteiger partial charge in [0.15, 0.2) is 5.69 Å². The molecular formula is C29H26Cl2N4O2. The largest absolute Gasteiger partial charge is 0.496 e. The lowest BCUT2D eigenvalue weighted by atomic mass is 9.86. The van der Waals surface area contributed by atoms with Crippen LogP contribution in [-0.4, -0.2) is 22.6 Å². The zero-order chi connectivity index (χ0) is 26.2. The van der Waals surface area contributed by atoms with Crippen molar-refractivity contribution in [2.24, 2.45) is 5.73 Å². The summed E-state index contributed by atoms with van der Waals surface area (Å²) in [7, 11) is 1.63. The Hall–Kier alpha value is -3.32. The Morgan fingerprint density at radius 3 is 2.57 bits per heavy atom. The van der Waals surface area contributed by atoms with Crippen molar-refractivity contribution in [3.05, 3.63) is 86.7 Å². The maximum Gasteiger partial charge on any atom is 0.279 e. The first-order valence-corrected chi connectivity index (χ1v) is 12.9. The van der Waals surface area contributed by atoms with Gasteiger partial charge >= 0.3 is 0 Å². The molecule has 6 nitrogen and oxygen atoms in total. The molecule has 0 bridgehead atoms. The van der Waals surface area contributed by atoms with Crippen LogP contribution in [0.2, 0.25) is 10.0 Å². The fraction of sp³-hybridized carbons (Fsp3) is 0.241. The highest BCUT2D eigenvalue weighted by Crippen LogP contribution is 2.56. The topological polar surface area (TPSA) is 73.4 Å². The fourth-order valence-electron chi connectivity index (χ4n) is 5.72.